The molecule has 4 nitrogen and oxygen atoms in total. The molecule has 0 spiro atoms. The minimum atomic E-state index is 0.279. The highest BCUT2D eigenvalue weighted by Crippen LogP contribution is 2.10. The molecule has 0 unspecified atom stereocenters. The van der Waals surface area contributed by atoms with Crippen LogP contribution in [0.5, 0.6) is 0 Å². The molecule has 72 valence electrons. The van der Waals surface area contributed by atoms with Gasteiger partial charge in [0.05, 0.1) is 5.69 Å². The summed E-state index contributed by atoms with van der Waals surface area (Å²) >= 11 is 0. The van der Waals surface area contributed by atoms with Gasteiger partial charge in [-0.05, 0) is 31.4 Å². The van der Waals surface area contributed by atoms with E-state index < -0.39 is 0 Å². The maximum Gasteiger partial charge on any atom is 0.220 e. The minimum Gasteiger partial charge on any atom is -0.368 e. The Morgan fingerprint density at radius 2 is 2.43 bits per heavy atom. The Labute approximate surface area is 82.9 Å². The Morgan fingerprint density at radius 3 is 3.07 bits per heavy atom. The fourth-order valence-corrected chi connectivity index (χ4v) is 0.927. The fraction of sp³-hybridized carbons (Fsp3) is 0.100. The molecule has 1 aromatic rings. The van der Waals surface area contributed by atoms with Crippen molar-refractivity contribution in [2.24, 2.45) is 4.99 Å². The molecule has 1 rings (SSSR count). The number of hydrogen-bond acceptors (Lipinski definition) is 4. The van der Waals surface area contributed by atoms with Crippen molar-refractivity contribution in [1.82, 2.24) is 9.97 Å². The smallest absolute Gasteiger partial charge is 0.220 e. The van der Waals surface area contributed by atoms with E-state index in [1.165, 1.54) is 0 Å². The first-order valence-corrected chi connectivity index (χ1v) is 4.12. The third-order valence-electron chi connectivity index (χ3n) is 1.62. The van der Waals surface area contributed by atoms with Gasteiger partial charge in [0.25, 0.3) is 0 Å². The Bertz CT molecular complexity index is 379. The second kappa shape index (κ2) is 4.91. The predicted octanol–water partition coefficient (Wildman–Crippen LogP) is 1.68. The highest BCUT2D eigenvalue weighted by molar-refractivity contribution is 5.62. The molecule has 0 saturated carbocycles. The quantitative estimate of drug-likeness (QED) is 0.579. The van der Waals surface area contributed by atoms with Crippen molar-refractivity contribution in [2.45, 2.75) is 6.92 Å². The molecule has 4 heteroatoms. The molecule has 1 aromatic heterocycles. The molecule has 0 aliphatic carbocycles. The number of nitrogens with two attached hydrogens (primary N) is 1. The maximum absolute atomic E-state index is 5.46. The molecule has 2 N–H and O–H groups in total. The van der Waals surface area contributed by atoms with Crippen LogP contribution >= 0.6 is 0 Å². The zero-order valence-electron chi connectivity index (χ0n) is 8.01. The Morgan fingerprint density at radius 1 is 1.64 bits per heavy atom. The minimum absolute atomic E-state index is 0.279. The zero-order valence-corrected chi connectivity index (χ0v) is 8.01. The number of rotatable bonds is 3. The number of anilines is 1. The third kappa shape index (κ3) is 2.82. The highest BCUT2D eigenvalue weighted by Gasteiger charge is 1.96. The van der Waals surface area contributed by atoms with E-state index in [-0.39, 0.29) is 5.95 Å². The van der Waals surface area contributed by atoms with Gasteiger partial charge in [-0.2, -0.15) is 0 Å². The van der Waals surface area contributed by atoms with E-state index in [9.17, 15) is 0 Å². The molecule has 0 fully saturated rings. The summed E-state index contributed by atoms with van der Waals surface area (Å²) in [5.74, 6) is 0.279. The second-order valence-corrected chi connectivity index (χ2v) is 2.67. The van der Waals surface area contributed by atoms with Gasteiger partial charge in [-0.15, -0.1) is 0 Å². The molecule has 0 atom stereocenters. The molecule has 1 heterocycles. The van der Waals surface area contributed by atoms with Crippen molar-refractivity contribution in [3.8, 4) is 0 Å². The maximum atomic E-state index is 5.46. The van der Waals surface area contributed by atoms with Crippen LogP contribution in [0, 0.1) is 0 Å². The topological polar surface area (TPSA) is 64.2 Å². The standard InChI is InChI=1S/C10H12N4/c1-8(4-3-6-12-2)9-5-7-13-10(11)14-9/h3-7H,2H2,1H3,(H2,11,13,14)/b6-3-,8-4+. The molecule has 0 bridgehead atoms. The van der Waals surface area contributed by atoms with Gasteiger partial charge < -0.3 is 5.73 Å². The van der Waals surface area contributed by atoms with Crippen LogP contribution in [0.1, 0.15) is 12.6 Å². The first kappa shape index (κ1) is 10.1. The first-order chi connectivity index (χ1) is 6.74. The molecular weight excluding hydrogens is 176 g/mol. The Kier molecular flexibility index (Phi) is 3.55. The average Bonchev–Trinajstić information content (AvgIpc) is 2.18. The van der Waals surface area contributed by atoms with Crippen LogP contribution < -0.4 is 5.73 Å². The molecule has 0 amide bonds. The van der Waals surface area contributed by atoms with Gasteiger partial charge in [0, 0.05) is 12.4 Å². The largest absolute Gasteiger partial charge is 0.368 e. The Balaban J connectivity index is 2.88. The van der Waals surface area contributed by atoms with Gasteiger partial charge in [-0.25, -0.2) is 9.97 Å². The van der Waals surface area contributed by atoms with E-state index in [1.54, 1.807) is 24.5 Å². The van der Waals surface area contributed by atoms with Crippen LogP contribution in [0.3, 0.4) is 0 Å². The van der Waals surface area contributed by atoms with E-state index in [2.05, 4.69) is 21.7 Å². The third-order valence-corrected chi connectivity index (χ3v) is 1.62. The molecule has 0 aliphatic rings. The molecule has 0 radical (unpaired) electrons. The lowest BCUT2D eigenvalue weighted by atomic mass is 10.2. The summed E-state index contributed by atoms with van der Waals surface area (Å²) in [6, 6.07) is 1.80. The van der Waals surface area contributed by atoms with Crippen LogP contribution in [0.4, 0.5) is 5.95 Å². The van der Waals surface area contributed by atoms with Crippen LogP contribution in [-0.2, 0) is 0 Å². The molecular formula is C10H12N4. The SMILES string of the molecule is C=N/C=C\C=C(/C)c1ccnc(N)n1. The normalized spacial score (nSPS) is 11.9. The lowest BCUT2D eigenvalue weighted by molar-refractivity contribution is 1.16. The van der Waals surface area contributed by atoms with E-state index >= 15 is 0 Å². The van der Waals surface area contributed by atoms with Gasteiger partial charge in [0.1, 0.15) is 0 Å². The van der Waals surface area contributed by atoms with Crippen LogP contribution in [0.15, 0.2) is 35.6 Å². The monoisotopic (exact) mass is 188 g/mol. The van der Waals surface area contributed by atoms with Crippen LogP contribution in [0.2, 0.25) is 0 Å². The number of aromatic nitrogens is 2. The van der Waals surface area contributed by atoms with Gasteiger partial charge in [-0.1, -0.05) is 6.08 Å². The second-order valence-electron chi connectivity index (χ2n) is 2.67. The van der Waals surface area contributed by atoms with Crippen molar-refractivity contribution in [1.29, 1.82) is 0 Å². The lowest BCUT2D eigenvalue weighted by Gasteiger charge is -1.98. The van der Waals surface area contributed by atoms with Crippen LogP contribution in [-0.4, -0.2) is 16.7 Å². The van der Waals surface area contributed by atoms with Crippen molar-refractivity contribution < 1.29 is 0 Å². The lowest BCUT2D eigenvalue weighted by Crippen LogP contribution is -1.96. The van der Waals surface area contributed by atoms with Gasteiger partial charge in [0.2, 0.25) is 5.95 Å². The van der Waals surface area contributed by atoms with E-state index in [0.717, 1.165) is 11.3 Å². The Hall–Kier alpha value is -1.97. The number of hydrogen-bond donors (Lipinski definition) is 1. The summed E-state index contributed by atoms with van der Waals surface area (Å²) in [6.45, 7) is 5.27. The summed E-state index contributed by atoms with van der Waals surface area (Å²) in [4.78, 5) is 11.5. The number of aliphatic imine (C=N–C) groups is 1. The summed E-state index contributed by atoms with van der Waals surface area (Å²) in [7, 11) is 0. The molecule has 14 heavy (non-hydrogen) atoms. The predicted molar refractivity (Wildman–Crippen MR) is 58.8 cm³/mol. The molecule has 0 aromatic carbocycles. The number of allylic oxidation sites excluding steroid dienone is 3. The summed E-state index contributed by atoms with van der Waals surface area (Å²) in [5.41, 5.74) is 7.27. The fourth-order valence-electron chi connectivity index (χ4n) is 0.927. The first-order valence-electron chi connectivity index (χ1n) is 4.12. The highest BCUT2D eigenvalue weighted by atomic mass is 15.0. The van der Waals surface area contributed by atoms with E-state index in [1.807, 2.05) is 13.0 Å². The summed E-state index contributed by atoms with van der Waals surface area (Å²) in [6.07, 6.45) is 6.91. The number of nitrogens with zero attached hydrogens (tertiary/aromatic N) is 3. The van der Waals surface area contributed by atoms with Crippen LogP contribution in [0.25, 0.3) is 5.57 Å². The number of nitrogen functional groups attached to an aromatic ring is 1. The summed E-state index contributed by atoms with van der Waals surface area (Å²) < 4.78 is 0. The van der Waals surface area contributed by atoms with Crippen molar-refractivity contribution in [3.05, 3.63) is 36.3 Å². The van der Waals surface area contributed by atoms with Gasteiger partial charge >= 0.3 is 0 Å². The van der Waals surface area contributed by atoms with E-state index in [0.29, 0.717) is 0 Å². The van der Waals surface area contributed by atoms with Gasteiger partial charge in [-0.3, -0.25) is 4.99 Å². The van der Waals surface area contributed by atoms with Crippen molar-refractivity contribution >= 4 is 18.2 Å². The van der Waals surface area contributed by atoms with Crippen molar-refractivity contribution in [3.63, 3.8) is 0 Å². The zero-order chi connectivity index (χ0) is 10.4. The molecule has 0 aliphatic heterocycles. The van der Waals surface area contributed by atoms with Gasteiger partial charge in [0.15, 0.2) is 0 Å². The molecule has 0 saturated heterocycles. The average molecular weight is 188 g/mol. The van der Waals surface area contributed by atoms with E-state index in [4.69, 9.17) is 5.73 Å². The summed E-state index contributed by atoms with van der Waals surface area (Å²) in [5, 5.41) is 0. The van der Waals surface area contributed by atoms with Crippen molar-refractivity contribution in [2.75, 3.05) is 5.73 Å².